The van der Waals surface area contributed by atoms with Gasteiger partial charge in [-0.2, -0.15) is 0 Å². The minimum Gasteiger partial charge on any atom is -0.480 e. The first-order valence-electron chi connectivity index (χ1n) is 9.19. The Morgan fingerprint density at radius 1 is 0.815 bits per heavy atom. The number of ether oxygens (including phenoxy) is 1. The van der Waals surface area contributed by atoms with Gasteiger partial charge in [-0.3, -0.25) is 29.1 Å². The molecule has 1 fully saturated rings. The summed E-state index contributed by atoms with van der Waals surface area (Å²) in [6.07, 6.45) is 0. The van der Waals surface area contributed by atoms with Gasteiger partial charge in [0.15, 0.2) is 0 Å². The van der Waals surface area contributed by atoms with Crippen LogP contribution in [0.5, 0.6) is 0 Å². The lowest BCUT2D eigenvalue weighted by Gasteiger charge is -2.33. The maximum absolute atomic E-state index is 11.1. The molecule has 0 aromatic heterocycles. The lowest BCUT2D eigenvalue weighted by atomic mass is 10.2. The predicted molar refractivity (Wildman–Crippen MR) is 99.0 cm³/mol. The van der Waals surface area contributed by atoms with Crippen LogP contribution < -0.4 is 0 Å². The average Bonchev–Trinajstić information content (AvgIpc) is 2.57. The molecule has 1 rings (SSSR count). The van der Waals surface area contributed by atoms with Crippen LogP contribution in [0.3, 0.4) is 0 Å². The lowest BCUT2D eigenvalue weighted by molar-refractivity contribution is -0.141. The van der Waals surface area contributed by atoms with Crippen LogP contribution in [0.15, 0.2) is 0 Å². The fourth-order valence-electron chi connectivity index (χ4n) is 2.77. The van der Waals surface area contributed by atoms with Crippen molar-refractivity contribution >= 4 is 17.9 Å². The Morgan fingerprint density at radius 2 is 1.30 bits per heavy atom. The molecule has 1 saturated heterocycles. The fourth-order valence-corrected chi connectivity index (χ4v) is 2.77. The summed E-state index contributed by atoms with van der Waals surface area (Å²) in [7, 11) is 0. The van der Waals surface area contributed by atoms with E-state index in [1.165, 1.54) is 0 Å². The van der Waals surface area contributed by atoms with Crippen molar-refractivity contribution in [3.8, 4) is 0 Å². The largest absolute Gasteiger partial charge is 0.480 e. The van der Waals surface area contributed by atoms with Gasteiger partial charge in [-0.1, -0.05) is 13.8 Å². The molecule has 10 heteroatoms. The van der Waals surface area contributed by atoms with Crippen molar-refractivity contribution in [2.75, 3.05) is 65.6 Å². The summed E-state index contributed by atoms with van der Waals surface area (Å²) in [5.41, 5.74) is 0. The molecule has 0 radical (unpaired) electrons. The van der Waals surface area contributed by atoms with Crippen LogP contribution in [0, 0.1) is 0 Å². The highest BCUT2D eigenvalue weighted by atomic mass is 16.5. The number of hydrogen-bond donors (Lipinski definition) is 3. The maximum Gasteiger partial charge on any atom is 0.317 e. The molecule has 0 bridgehead atoms. The number of carbonyl (C=O) groups is 3. The number of hydrogen-bond acceptors (Lipinski definition) is 7. The number of rotatable bonds is 6. The number of carboxylic acid groups (broad SMARTS) is 3. The molecule has 0 saturated carbocycles. The standard InChI is InChI=1S/C15H27N3O7.C2H6/c1-12-8-17(10-14(21)22)3-2-16(9-13(19)20)4-6-25-7-5-18(12)11-15(23)24;1-2/h12H,2-11H2,1H3,(H,19,20)(H,21,22)(H,23,24);1-2H3. The maximum atomic E-state index is 11.1. The van der Waals surface area contributed by atoms with E-state index in [1.807, 2.05) is 20.8 Å². The van der Waals surface area contributed by atoms with E-state index in [9.17, 15) is 14.4 Å². The third-order valence-electron chi connectivity index (χ3n) is 4.01. The van der Waals surface area contributed by atoms with E-state index < -0.39 is 17.9 Å². The van der Waals surface area contributed by atoms with Gasteiger partial charge in [-0.15, -0.1) is 0 Å². The highest BCUT2D eigenvalue weighted by molar-refractivity contribution is 5.69. The minimum atomic E-state index is -0.975. The second-order valence-electron chi connectivity index (χ2n) is 6.12. The monoisotopic (exact) mass is 391 g/mol. The average molecular weight is 391 g/mol. The first kappa shape index (κ1) is 25.2. The van der Waals surface area contributed by atoms with E-state index in [-0.39, 0.29) is 25.7 Å². The first-order valence-corrected chi connectivity index (χ1v) is 9.19. The number of aliphatic carboxylic acids is 3. The van der Waals surface area contributed by atoms with Crippen molar-refractivity contribution in [3.05, 3.63) is 0 Å². The van der Waals surface area contributed by atoms with E-state index in [4.69, 9.17) is 20.1 Å². The van der Waals surface area contributed by atoms with Crippen LogP contribution in [0.2, 0.25) is 0 Å². The first-order chi connectivity index (χ1) is 12.8. The molecule has 0 amide bonds. The number of carboxylic acids is 3. The summed E-state index contributed by atoms with van der Waals surface area (Å²) >= 11 is 0. The van der Waals surface area contributed by atoms with E-state index >= 15 is 0 Å². The summed E-state index contributed by atoms with van der Waals surface area (Å²) in [6, 6.07) is -0.175. The Bertz CT molecular complexity index is 462. The molecule has 1 unspecified atom stereocenters. The van der Waals surface area contributed by atoms with Gasteiger partial charge in [0.05, 0.1) is 32.8 Å². The zero-order valence-electron chi connectivity index (χ0n) is 16.5. The smallest absolute Gasteiger partial charge is 0.317 e. The van der Waals surface area contributed by atoms with E-state index in [1.54, 1.807) is 14.7 Å². The SMILES string of the molecule is CC.CC1CN(CC(=O)O)CCN(CC(=O)O)CCOCCN1CC(=O)O. The molecule has 3 N–H and O–H groups in total. The lowest BCUT2D eigenvalue weighted by Crippen LogP contribution is -2.49. The Balaban J connectivity index is 0.00000326. The van der Waals surface area contributed by atoms with Crippen LogP contribution in [0.4, 0.5) is 0 Å². The molecule has 1 atom stereocenters. The highest BCUT2D eigenvalue weighted by Gasteiger charge is 2.22. The van der Waals surface area contributed by atoms with Crippen molar-refractivity contribution < 1.29 is 34.4 Å². The Labute approximate surface area is 160 Å². The van der Waals surface area contributed by atoms with Crippen molar-refractivity contribution in [3.63, 3.8) is 0 Å². The van der Waals surface area contributed by atoms with E-state index in [2.05, 4.69) is 0 Å². The summed E-state index contributed by atoms with van der Waals surface area (Å²) in [5, 5.41) is 27.1. The second-order valence-corrected chi connectivity index (χ2v) is 6.12. The zero-order chi connectivity index (χ0) is 20.8. The normalized spacial score (nSPS) is 21.2. The van der Waals surface area contributed by atoms with Gasteiger partial charge in [0.2, 0.25) is 0 Å². The van der Waals surface area contributed by atoms with E-state index in [0.717, 1.165) is 0 Å². The second kappa shape index (κ2) is 14.3. The topological polar surface area (TPSA) is 131 Å². The molecule has 10 nitrogen and oxygen atoms in total. The third-order valence-corrected chi connectivity index (χ3v) is 4.01. The molecule has 27 heavy (non-hydrogen) atoms. The molecular formula is C17H33N3O7. The Morgan fingerprint density at radius 3 is 1.85 bits per heavy atom. The van der Waals surface area contributed by atoms with Gasteiger partial charge in [0, 0.05) is 38.8 Å². The highest BCUT2D eigenvalue weighted by Crippen LogP contribution is 2.05. The van der Waals surface area contributed by atoms with Gasteiger partial charge < -0.3 is 20.1 Å². The summed E-state index contributed by atoms with van der Waals surface area (Å²) in [5.74, 6) is -2.87. The fraction of sp³-hybridized carbons (Fsp3) is 0.824. The van der Waals surface area contributed by atoms with E-state index in [0.29, 0.717) is 45.9 Å². The molecule has 0 aromatic rings. The van der Waals surface area contributed by atoms with Crippen molar-refractivity contribution in [2.45, 2.75) is 26.8 Å². The quantitative estimate of drug-likeness (QED) is 0.549. The molecule has 0 spiro atoms. The zero-order valence-corrected chi connectivity index (χ0v) is 16.5. The molecule has 158 valence electrons. The molecular weight excluding hydrogens is 358 g/mol. The molecule has 1 aliphatic rings. The van der Waals surface area contributed by atoms with Crippen LogP contribution in [-0.2, 0) is 19.1 Å². The third kappa shape index (κ3) is 12.3. The minimum absolute atomic E-state index is 0.134. The van der Waals surface area contributed by atoms with Gasteiger partial charge in [-0.05, 0) is 6.92 Å². The Hall–Kier alpha value is -1.75. The van der Waals surface area contributed by atoms with Crippen LogP contribution in [0.25, 0.3) is 0 Å². The molecule has 0 aromatic carbocycles. The van der Waals surface area contributed by atoms with Gasteiger partial charge in [0.25, 0.3) is 0 Å². The van der Waals surface area contributed by atoms with Crippen LogP contribution in [-0.4, -0.2) is 120 Å². The summed E-state index contributed by atoms with van der Waals surface area (Å²) in [4.78, 5) is 38.2. The van der Waals surface area contributed by atoms with Crippen LogP contribution in [0.1, 0.15) is 20.8 Å². The summed E-state index contributed by atoms with van der Waals surface area (Å²) < 4.78 is 5.49. The van der Waals surface area contributed by atoms with Gasteiger partial charge in [0.1, 0.15) is 0 Å². The molecule has 1 heterocycles. The Kier molecular flexibility index (Phi) is 13.4. The molecule has 0 aliphatic carbocycles. The summed E-state index contributed by atoms with van der Waals surface area (Å²) in [6.45, 7) is 8.04. The van der Waals surface area contributed by atoms with Crippen LogP contribution >= 0.6 is 0 Å². The van der Waals surface area contributed by atoms with Gasteiger partial charge >= 0.3 is 17.9 Å². The van der Waals surface area contributed by atoms with Crippen molar-refractivity contribution in [2.24, 2.45) is 0 Å². The molecule has 1 aliphatic heterocycles. The number of nitrogens with zero attached hydrogens (tertiary/aromatic N) is 3. The van der Waals surface area contributed by atoms with Gasteiger partial charge in [-0.25, -0.2) is 0 Å². The predicted octanol–water partition coefficient (Wildman–Crippen LogP) is -0.409. The van der Waals surface area contributed by atoms with Crippen molar-refractivity contribution in [1.82, 2.24) is 14.7 Å². The van der Waals surface area contributed by atoms with Crippen molar-refractivity contribution in [1.29, 1.82) is 0 Å².